The lowest BCUT2D eigenvalue weighted by Gasteiger charge is -2.36. The molecule has 0 aliphatic heterocycles. The molecule has 0 saturated heterocycles. The molecular formula is C14H28N2O2S. The van der Waals surface area contributed by atoms with Crippen LogP contribution in [0.2, 0.25) is 0 Å². The van der Waals surface area contributed by atoms with E-state index in [1.54, 1.807) is 11.8 Å². The molecule has 19 heavy (non-hydrogen) atoms. The molecule has 0 bridgehead atoms. The molecule has 1 rings (SSSR count). The SMILES string of the molecule is CSC(CO)C(C)NC(=O)CC1(CN)CCCCC1. The van der Waals surface area contributed by atoms with E-state index in [2.05, 4.69) is 5.32 Å². The molecule has 1 aliphatic carbocycles. The number of hydrogen-bond acceptors (Lipinski definition) is 4. The zero-order valence-electron chi connectivity index (χ0n) is 12.2. The van der Waals surface area contributed by atoms with Crippen molar-refractivity contribution >= 4 is 17.7 Å². The van der Waals surface area contributed by atoms with E-state index in [-0.39, 0.29) is 29.2 Å². The van der Waals surface area contributed by atoms with Crippen molar-refractivity contribution < 1.29 is 9.90 Å². The monoisotopic (exact) mass is 288 g/mol. The van der Waals surface area contributed by atoms with Crippen LogP contribution in [-0.4, -0.2) is 41.7 Å². The van der Waals surface area contributed by atoms with E-state index in [0.29, 0.717) is 13.0 Å². The smallest absolute Gasteiger partial charge is 0.220 e. The summed E-state index contributed by atoms with van der Waals surface area (Å²) >= 11 is 1.58. The maximum absolute atomic E-state index is 12.2. The normalized spacial score (nSPS) is 21.7. The van der Waals surface area contributed by atoms with Crippen molar-refractivity contribution in [3.05, 3.63) is 0 Å². The third kappa shape index (κ3) is 4.97. The molecule has 1 saturated carbocycles. The summed E-state index contributed by atoms with van der Waals surface area (Å²) < 4.78 is 0. The Labute approximate surface area is 120 Å². The van der Waals surface area contributed by atoms with Crippen molar-refractivity contribution in [2.45, 2.75) is 56.7 Å². The molecule has 4 N–H and O–H groups in total. The van der Waals surface area contributed by atoms with Gasteiger partial charge in [0.05, 0.1) is 6.61 Å². The van der Waals surface area contributed by atoms with Crippen molar-refractivity contribution in [1.82, 2.24) is 5.32 Å². The molecule has 1 amide bonds. The van der Waals surface area contributed by atoms with Gasteiger partial charge in [0, 0.05) is 17.7 Å². The Morgan fingerprint density at radius 2 is 2.05 bits per heavy atom. The predicted molar refractivity (Wildman–Crippen MR) is 81.2 cm³/mol. The molecule has 1 aliphatic rings. The Bertz CT molecular complexity index is 277. The largest absolute Gasteiger partial charge is 0.395 e. The van der Waals surface area contributed by atoms with Crippen LogP contribution in [0, 0.1) is 5.41 Å². The number of amides is 1. The van der Waals surface area contributed by atoms with Crippen molar-refractivity contribution in [2.75, 3.05) is 19.4 Å². The van der Waals surface area contributed by atoms with Crippen LogP contribution in [0.15, 0.2) is 0 Å². The van der Waals surface area contributed by atoms with Crippen molar-refractivity contribution in [3.8, 4) is 0 Å². The van der Waals surface area contributed by atoms with Crippen LogP contribution in [0.25, 0.3) is 0 Å². The second-order valence-corrected chi connectivity index (χ2v) is 6.83. The van der Waals surface area contributed by atoms with Gasteiger partial charge in [0.15, 0.2) is 0 Å². The van der Waals surface area contributed by atoms with E-state index < -0.39 is 0 Å². The van der Waals surface area contributed by atoms with E-state index in [9.17, 15) is 9.90 Å². The van der Waals surface area contributed by atoms with Gasteiger partial charge in [0.2, 0.25) is 5.91 Å². The standard InChI is InChI=1S/C14H28N2O2S/c1-11(12(9-17)19-2)16-13(18)8-14(10-15)6-4-3-5-7-14/h11-12,17H,3-10,15H2,1-2H3,(H,16,18). The summed E-state index contributed by atoms with van der Waals surface area (Å²) in [5.74, 6) is 0.0763. The fraction of sp³-hybridized carbons (Fsp3) is 0.929. The molecule has 0 aromatic rings. The topological polar surface area (TPSA) is 75.3 Å². The summed E-state index contributed by atoms with van der Waals surface area (Å²) in [5.41, 5.74) is 5.92. The first-order valence-electron chi connectivity index (χ1n) is 7.20. The number of nitrogens with two attached hydrogens (primary N) is 1. The maximum Gasteiger partial charge on any atom is 0.220 e. The van der Waals surface area contributed by atoms with Crippen LogP contribution in [-0.2, 0) is 4.79 Å². The maximum atomic E-state index is 12.2. The molecule has 0 heterocycles. The highest BCUT2D eigenvalue weighted by Gasteiger charge is 2.33. The molecular weight excluding hydrogens is 260 g/mol. The van der Waals surface area contributed by atoms with Gasteiger partial charge in [-0.2, -0.15) is 11.8 Å². The Morgan fingerprint density at radius 3 is 2.53 bits per heavy atom. The van der Waals surface area contributed by atoms with E-state index >= 15 is 0 Å². The van der Waals surface area contributed by atoms with Crippen molar-refractivity contribution in [2.24, 2.45) is 11.1 Å². The Morgan fingerprint density at radius 1 is 1.42 bits per heavy atom. The number of rotatable bonds is 7. The lowest BCUT2D eigenvalue weighted by atomic mass is 9.71. The fourth-order valence-corrected chi connectivity index (χ4v) is 3.56. The molecule has 112 valence electrons. The second kappa shape index (κ2) is 8.12. The first-order valence-corrected chi connectivity index (χ1v) is 8.49. The van der Waals surface area contributed by atoms with Gasteiger partial charge < -0.3 is 16.2 Å². The van der Waals surface area contributed by atoms with Crippen molar-refractivity contribution in [3.63, 3.8) is 0 Å². The summed E-state index contributed by atoms with van der Waals surface area (Å²) in [4.78, 5) is 12.2. The van der Waals surface area contributed by atoms with Crippen LogP contribution in [0.3, 0.4) is 0 Å². The van der Waals surface area contributed by atoms with Crippen molar-refractivity contribution in [1.29, 1.82) is 0 Å². The lowest BCUT2D eigenvalue weighted by molar-refractivity contribution is -0.124. The molecule has 0 radical (unpaired) electrons. The molecule has 4 nitrogen and oxygen atoms in total. The zero-order valence-corrected chi connectivity index (χ0v) is 13.0. The summed E-state index contributed by atoms with van der Waals surface area (Å²) in [6, 6.07) is -0.00841. The summed E-state index contributed by atoms with van der Waals surface area (Å²) in [6.45, 7) is 2.64. The van der Waals surface area contributed by atoms with E-state index in [1.807, 2.05) is 13.2 Å². The average molecular weight is 288 g/mol. The first kappa shape index (κ1) is 16.8. The van der Waals surface area contributed by atoms with Gasteiger partial charge >= 0.3 is 0 Å². The summed E-state index contributed by atoms with van der Waals surface area (Å²) in [7, 11) is 0. The highest BCUT2D eigenvalue weighted by atomic mass is 32.2. The Hall–Kier alpha value is -0.260. The highest BCUT2D eigenvalue weighted by Crippen LogP contribution is 2.38. The molecule has 0 aromatic carbocycles. The molecule has 0 spiro atoms. The number of thioether (sulfide) groups is 1. The number of nitrogens with one attached hydrogen (secondary N) is 1. The number of carbonyl (C=O) groups is 1. The third-order valence-electron chi connectivity index (χ3n) is 4.31. The minimum absolute atomic E-state index is 0.00841. The highest BCUT2D eigenvalue weighted by molar-refractivity contribution is 7.99. The molecule has 2 atom stereocenters. The van der Waals surface area contributed by atoms with E-state index in [4.69, 9.17) is 5.73 Å². The van der Waals surface area contributed by atoms with Gasteiger partial charge in [-0.3, -0.25) is 4.79 Å². The van der Waals surface area contributed by atoms with Crippen LogP contribution in [0.1, 0.15) is 45.4 Å². The second-order valence-electron chi connectivity index (χ2n) is 5.75. The Kier molecular flexibility index (Phi) is 7.18. The van der Waals surface area contributed by atoms with Gasteiger partial charge in [0.1, 0.15) is 0 Å². The van der Waals surface area contributed by atoms with Gasteiger partial charge in [-0.25, -0.2) is 0 Å². The average Bonchev–Trinajstić information content (AvgIpc) is 2.41. The van der Waals surface area contributed by atoms with Gasteiger partial charge in [-0.1, -0.05) is 19.3 Å². The first-order chi connectivity index (χ1) is 9.06. The summed E-state index contributed by atoms with van der Waals surface area (Å²) in [6.07, 6.45) is 8.24. The zero-order chi connectivity index (χ0) is 14.3. The number of aliphatic hydroxyl groups excluding tert-OH is 1. The fourth-order valence-electron chi connectivity index (χ4n) is 2.93. The molecule has 5 heteroatoms. The molecule has 2 unspecified atom stereocenters. The number of hydrogen-bond donors (Lipinski definition) is 3. The van der Waals surface area contributed by atoms with Gasteiger partial charge in [0.25, 0.3) is 0 Å². The number of aliphatic hydroxyl groups is 1. The van der Waals surface area contributed by atoms with Gasteiger partial charge in [-0.05, 0) is 38.0 Å². The molecule has 0 aromatic heterocycles. The Balaban J connectivity index is 2.49. The van der Waals surface area contributed by atoms with Gasteiger partial charge in [-0.15, -0.1) is 0 Å². The van der Waals surface area contributed by atoms with Crippen LogP contribution in [0.4, 0.5) is 0 Å². The van der Waals surface area contributed by atoms with Crippen LogP contribution < -0.4 is 11.1 Å². The van der Waals surface area contributed by atoms with Crippen LogP contribution >= 0.6 is 11.8 Å². The van der Waals surface area contributed by atoms with Crippen LogP contribution in [0.5, 0.6) is 0 Å². The number of carbonyl (C=O) groups excluding carboxylic acids is 1. The predicted octanol–water partition coefficient (Wildman–Crippen LogP) is 1.51. The quantitative estimate of drug-likeness (QED) is 0.664. The van der Waals surface area contributed by atoms with E-state index in [1.165, 1.54) is 19.3 Å². The summed E-state index contributed by atoms with van der Waals surface area (Å²) in [5, 5.41) is 12.3. The minimum atomic E-state index is -0.00841. The molecule has 1 fully saturated rings. The minimum Gasteiger partial charge on any atom is -0.395 e. The lowest BCUT2D eigenvalue weighted by Crippen LogP contribution is -2.45. The van der Waals surface area contributed by atoms with E-state index in [0.717, 1.165) is 12.8 Å². The third-order valence-corrected chi connectivity index (χ3v) is 5.47.